The third-order valence-electron chi connectivity index (χ3n) is 4.38. The van der Waals surface area contributed by atoms with Gasteiger partial charge in [-0.05, 0) is 18.8 Å². The quantitative estimate of drug-likeness (QED) is 0.801. The first-order chi connectivity index (χ1) is 9.79. The minimum atomic E-state index is -0.0269. The van der Waals surface area contributed by atoms with Crippen molar-refractivity contribution < 1.29 is 9.47 Å². The van der Waals surface area contributed by atoms with Crippen molar-refractivity contribution in [1.82, 2.24) is 9.97 Å². The van der Waals surface area contributed by atoms with Gasteiger partial charge >= 0.3 is 0 Å². The van der Waals surface area contributed by atoms with E-state index in [-0.39, 0.29) is 6.10 Å². The van der Waals surface area contributed by atoms with E-state index < -0.39 is 0 Å². The molecule has 110 valence electrons. The maximum atomic E-state index is 6.30. The molecular weight excluding hydrogens is 276 g/mol. The standard InChI is InChI=1S/C15H21ClN2O2/c1-19-13(10-5-3-2-4-6-10)15-17-12-7-8-20-9-11(12)14(16)18-15/h10,13H,2-9H2,1H3. The molecule has 0 aromatic carbocycles. The van der Waals surface area contributed by atoms with Gasteiger partial charge in [-0.3, -0.25) is 0 Å². The zero-order valence-corrected chi connectivity index (χ0v) is 12.7. The Morgan fingerprint density at radius 3 is 2.80 bits per heavy atom. The number of rotatable bonds is 3. The van der Waals surface area contributed by atoms with Crippen molar-refractivity contribution in [3.05, 3.63) is 22.2 Å². The van der Waals surface area contributed by atoms with Gasteiger partial charge in [-0.1, -0.05) is 30.9 Å². The molecule has 0 bridgehead atoms. The van der Waals surface area contributed by atoms with Gasteiger partial charge in [0.25, 0.3) is 0 Å². The van der Waals surface area contributed by atoms with E-state index in [9.17, 15) is 0 Å². The van der Waals surface area contributed by atoms with Crippen molar-refractivity contribution >= 4 is 11.6 Å². The number of hydrogen-bond donors (Lipinski definition) is 0. The molecule has 1 aliphatic heterocycles. The maximum absolute atomic E-state index is 6.30. The highest BCUT2D eigenvalue weighted by Crippen LogP contribution is 2.36. The molecule has 1 aromatic rings. The molecule has 0 radical (unpaired) electrons. The first-order valence-electron chi connectivity index (χ1n) is 7.45. The molecule has 5 heteroatoms. The summed E-state index contributed by atoms with van der Waals surface area (Å²) in [6.45, 7) is 1.23. The van der Waals surface area contributed by atoms with E-state index in [1.54, 1.807) is 7.11 Å². The van der Waals surface area contributed by atoms with Crippen LogP contribution < -0.4 is 0 Å². The van der Waals surface area contributed by atoms with Crippen LogP contribution in [-0.2, 0) is 22.5 Å². The molecule has 1 saturated carbocycles. The number of hydrogen-bond acceptors (Lipinski definition) is 4. The lowest BCUT2D eigenvalue weighted by Gasteiger charge is -2.29. The zero-order valence-electron chi connectivity index (χ0n) is 11.9. The van der Waals surface area contributed by atoms with Crippen LogP contribution in [0.3, 0.4) is 0 Å². The third-order valence-corrected chi connectivity index (χ3v) is 4.69. The van der Waals surface area contributed by atoms with Gasteiger partial charge < -0.3 is 9.47 Å². The van der Waals surface area contributed by atoms with Crippen LogP contribution in [0.4, 0.5) is 0 Å². The fraction of sp³-hybridized carbons (Fsp3) is 0.733. The minimum Gasteiger partial charge on any atom is -0.376 e. The van der Waals surface area contributed by atoms with Crippen LogP contribution in [0, 0.1) is 5.92 Å². The Balaban J connectivity index is 1.89. The summed E-state index contributed by atoms with van der Waals surface area (Å²) in [4.78, 5) is 9.20. The van der Waals surface area contributed by atoms with E-state index in [0.717, 1.165) is 23.5 Å². The molecule has 20 heavy (non-hydrogen) atoms. The molecule has 2 aliphatic rings. The Morgan fingerprint density at radius 1 is 1.25 bits per heavy atom. The lowest BCUT2D eigenvalue weighted by molar-refractivity contribution is 0.0282. The van der Waals surface area contributed by atoms with Gasteiger partial charge in [0.2, 0.25) is 0 Å². The van der Waals surface area contributed by atoms with E-state index in [1.807, 2.05) is 0 Å². The molecular formula is C15H21ClN2O2. The number of fused-ring (bicyclic) bond motifs is 1. The predicted octanol–water partition coefficient (Wildman–Crippen LogP) is 3.47. The van der Waals surface area contributed by atoms with Gasteiger partial charge in [0.1, 0.15) is 11.3 Å². The summed E-state index contributed by atoms with van der Waals surface area (Å²) >= 11 is 6.30. The second-order valence-corrected chi connectivity index (χ2v) is 6.01. The van der Waals surface area contributed by atoms with Gasteiger partial charge in [0.15, 0.2) is 5.82 Å². The highest BCUT2D eigenvalue weighted by molar-refractivity contribution is 6.30. The monoisotopic (exact) mass is 296 g/mol. The van der Waals surface area contributed by atoms with Crippen molar-refractivity contribution in [2.75, 3.05) is 13.7 Å². The Bertz CT molecular complexity index is 475. The smallest absolute Gasteiger partial charge is 0.159 e. The fourth-order valence-corrected chi connectivity index (χ4v) is 3.53. The van der Waals surface area contributed by atoms with Crippen molar-refractivity contribution in [1.29, 1.82) is 0 Å². The van der Waals surface area contributed by atoms with Crippen molar-refractivity contribution in [2.45, 2.75) is 51.2 Å². The molecule has 1 aliphatic carbocycles. The fourth-order valence-electron chi connectivity index (χ4n) is 3.28. The van der Waals surface area contributed by atoms with E-state index in [2.05, 4.69) is 4.98 Å². The van der Waals surface area contributed by atoms with Gasteiger partial charge in [0, 0.05) is 19.1 Å². The summed E-state index contributed by atoms with van der Waals surface area (Å²) in [6.07, 6.45) is 7.05. The second-order valence-electron chi connectivity index (χ2n) is 5.65. The minimum absolute atomic E-state index is 0.0269. The van der Waals surface area contributed by atoms with E-state index in [0.29, 0.717) is 24.3 Å². The van der Waals surface area contributed by atoms with Crippen LogP contribution in [0.25, 0.3) is 0 Å². The largest absolute Gasteiger partial charge is 0.376 e. The van der Waals surface area contributed by atoms with Crippen molar-refractivity contribution in [2.24, 2.45) is 5.92 Å². The van der Waals surface area contributed by atoms with Crippen molar-refractivity contribution in [3.8, 4) is 0 Å². The summed E-state index contributed by atoms with van der Waals surface area (Å²) in [5, 5.41) is 0.530. The van der Waals surface area contributed by atoms with Crippen LogP contribution in [-0.4, -0.2) is 23.7 Å². The Labute approximate surface area is 124 Å². The lowest BCUT2D eigenvalue weighted by Crippen LogP contribution is -2.22. The number of ether oxygens (including phenoxy) is 2. The summed E-state index contributed by atoms with van der Waals surface area (Å²) in [6, 6.07) is 0. The highest BCUT2D eigenvalue weighted by Gasteiger charge is 2.29. The van der Waals surface area contributed by atoms with Gasteiger partial charge in [-0.15, -0.1) is 0 Å². The average Bonchev–Trinajstić information content (AvgIpc) is 2.49. The number of methoxy groups -OCH3 is 1. The van der Waals surface area contributed by atoms with Crippen LogP contribution in [0.2, 0.25) is 5.15 Å². The van der Waals surface area contributed by atoms with Crippen LogP contribution in [0.15, 0.2) is 0 Å². The summed E-state index contributed by atoms with van der Waals surface area (Å²) in [7, 11) is 1.75. The Hall–Kier alpha value is -0.710. The SMILES string of the molecule is COC(c1nc(Cl)c2c(n1)CCOC2)C1CCCCC1. The van der Waals surface area contributed by atoms with E-state index >= 15 is 0 Å². The summed E-state index contributed by atoms with van der Waals surface area (Å²) in [5.41, 5.74) is 1.98. The molecule has 4 nitrogen and oxygen atoms in total. The Morgan fingerprint density at radius 2 is 2.05 bits per heavy atom. The van der Waals surface area contributed by atoms with Crippen molar-refractivity contribution in [3.63, 3.8) is 0 Å². The first-order valence-corrected chi connectivity index (χ1v) is 7.83. The first kappa shape index (κ1) is 14.2. The van der Waals surface area contributed by atoms with Gasteiger partial charge in [-0.25, -0.2) is 9.97 Å². The molecule has 0 N–H and O–H groups in total. The molecule has 1 fully saturated rings. The molecule has 0 spiro atoms. The molecule has 2 heterocycles. The van der Waals surface area contributed by atoms with Crippen LogP contribution in [0.1, 0.15) is 55.3 Å². The predicted molar refractivity (Wildman–Crippen MR) is 76.7 cm³/mol. The highest BCUT2D eigenvalue weighted by atomic mass is 35.5. The number of nitrogens with zero attached hydrogens (tertiary/aromatic N) is 2. The topological polar surface area (TPSA) is 44.2 Å². The summed E-state index contributed by atoms with van der Waals surface area (Å²) < 4.78 is 11.1. The maximum Gasteiger partial charge on any atom is 0.159 e. The molecule has 0 saturated heterocycles. The number of aromatic nitrogens is 2. The van der Waals surface area contributed by atoms with Crippen LogP contribution >= 0.6 is 11.6 Å². The third kappa shape index (κ3) is 2.83. The molecule has 1 aromatic heterocycles. The normalized spacial score (nSPS) is 21.5. The van der Waals surface area contributed by atoms with Gasteiger partial charge in [-0.2, -0.15) is 0 Å². The van der Waals surface area contributed by atoms with Crippen LogP contribution in [0.5, 0.6) is 0 Å². The molecule has 1 atom stereocenters. The lowest BCUT2D eigenvalue weighted by atomic mass is 9.85. The molecule has 0 amide bonds. The van der Waals surface area contributed by atoms with E-state index in [4.69, 9.17) is 26.1 Å². The average molecular weight is 297 g/mol. The van der Waals surface area contributed by atoms with Gasteiger partial charge in [0.05, 0.1) is 18.9 Å². The molecule has 3 rings (SSSR count). The number of halogens is 1. The second kappa shape index (κ2) is 6.37. The summed E-state index contributed by atoms with van der Waals surface area (Å²) in [5.74, 6) is 1.27. The molecule has 1 unspecified atom stereocenters. The van der Waals surface area contributed by atoms with E-state index in [1.165, 1.54) is 32.1 Å². The zero-order chi connectivity index (χ0) is 13.9. The Kier molecular flexibility index (Phi) is 4.54.